The summed E-state index contributed by atoms with van der Waals surface area (Å²) in [4.78, 5) is 1.97. The largest absolute Gasteiger partial charge is 0.360 e. The van der Waals surface area contributed by atoms with Gasteiger partial charge in [-0.3, -0.25) is 4.90 Å². The summed E-state index contributed by atoms with van der Waals surface area (Å²) in [6, 6.07) is 3.30. The number of nitrogens with zero attached hydrogens (tertiary/aromatic N) is 3. The van der Waals surface area contributed by atoms with Gasteiger partial charge in [-0.15, -0.1) is 0 Å². The molecule has 1 aromatic carbocycles. The van der Waals surface area contributed by atoms with Crippen LogP contribution in [-0.4, -0.2) is 49.0 Å². The first kappa shape index (κ1) is 18.9. The second-order valence-electron chi connectivity index (χ2n) is 6.40. The van der Waals surface area contributed by atoms with Crippen molar-refractivity contribution < 1.29 is 21.7 Å². The van der Waals surface area contributed by atoms with Crippen molar-refractivity contribution in [2.75, 3.05) is 26.2 Å². The summed E-state index contributed by atoms with van der Waals surface area (Å²) in [7, 11) is -3.71. The molecule has 1 atom stereocenters. The minimum absolute atomic E-state index is 0.00882. The molecule has 0 saturated carbocycles. The molecule has 1 aliphatic rings. The van der Waals surface area contributed by atoms with E-state index in [0.29, 0.717) is 18.8 Å². The first-order chi connectivity index (χ1) is 12.2. The zero-order valence-electron chi connectivity index (χ0n) is 14.9. The second kappa shape index (κ2) is 7.05. The number of piperazine rings is 1. The highest BCUT2D eigenvalue weighted by Gasteiger charge is 2.35. The Labute approximate surface area is 151 Å². The molecule has 1 saturated heterocycles. The second-order valence-corrected chi connectivity index (χ2v) is 8.28. The monoisotopic (exact) mass is 385 g/mol. The Bertz CT molecular complexity index is 866. The van der Waals surface area contributed by atoms with Crippen LogP contribution in [0.15, 0.2) is 27.6 Å². The summed E-state index contributed by atoms with van der Waals surface area (Å²) in [5.74, 6) is -0.932. The lowest BCUT2D eigenvalue weighted by molar-refractivity contribution is 0.141. The van der Waals surface area contributed by atoms with Crippen molar-refractivity contribution in [3.05, 3.63) is 46.9 Å². The van der Waals surface area contributed by atoms with Crippen LogP contribution in [0.3, 0.4) is 0 Å². The predicted molar refractivity (Wildman–Crippen MR) is 91.1 cm³/mol. The lowest BCUT2D eigenvalue weighted by atomic mass is 10.0. The van der Waals surface area contributed by atoms with Gasteiger partial charge < -0.3 is 4.52 Å². The van der Waals surface area contributed by atoms with Gasteiger partial charge in [0.05, 0.1) is 0 Å². The Morgan fingerprint density at radius 3 is 2.19 bits per heavy atom. The minimum atomic E-state index is -3.71. The van der Waals surface area contributed by atoms with Crippen molar-refractivity contribution in [2.45, 2.75) is 31.7 Å². The van der Waals surface area contributed by atoms with Crippen molar-refractivity contribution in [2.24, 2.45) is 0 Å². The fraction of sp³-hybridized carbons (Fsp3) is 0.471. The molecule has 0 N–H and O–H groups in total. The van der Waals surface area contributed by atoms with Gasteiger partial charge in [0.25, 0.3) is 0 Å². The number of hydrogen-bond acceptors (Lipinski definition) is 5. The van der Waals surface area contributed by atoms with Crippen molar-refractivity contribution in [3.8, 4) is 0 Å². The van der Waals surface area contributed by atoms with Gasteiger partial charge >= 0.3 is 0 Å². The molecule has 0 unspecified atom stereocenters. The van der Waals surface area contributed by atoms with E-state index in [-0.39, 0.29) is 29.3 Å². The standard InChI is InChI=1S/C17H21F2N3O3S/c1-11-17(13(3)25-20-11)26(23,24)22-9-7-21(8-10-22)12(2)16-14(18)5-4-6-15(16)19/h4-6,12H,7-10H2,1-3H3/t12-/m0/s1. The van der Waals surface area contributed by atoms with Crippen molar-refractivity contribution in [1.82, 2.24) is 14.4 Å². The van der Waals surface area contributed by atoms with E-state index in [2.05, 4.69) is 5.16 Å². The molecule has 2 aromatic rings. The summed E-state index contributed by atoms with van der Waals surface area (Å²) in [6.45, 7) is 6.07. The molecule has 0 aliphatic carbocycles. The number of aromatic nitrogens is 1. The van der Waals surface area contributed by atoms with Crippen molar-refractivity contribution in [3.63, 3.8) is 0 Å². The third-order valence-electron chi connectivity index (χ3n) is 4.80. The van der Waals surface area contributed by atoms with E-state index in [0.717, 1.165) is 0 Å². The lowest BCUT2D eigenvalue weighted by Crippen LogP contribution is -2.49. The van der Waals surface area contributed by atoms with Gasteiger partial charge in [-0.25, -0.2) is 17.2 Å². The number of halogens is 2. The van der Waals surface area contributed by atoms with Gasteiger partial charge in [0.1, 0.15) is 22.2 Å². The Hall–Kier alpha value is -1.84. The number of rotatable bonds is 4. The zero-order chi connectivity index (χ0) is 19.1. The highest BCUT2D eigenvalue weighted by Crippen LogP contribution is 2.29. The first-order valence-corrected chi connectivity index (χ1v) is 9.78. The molecule has 142 valence electrons. The van der Waals surface area contributed by atoms with Crippen LogP contribution < -0.4 is 0 Å². The van der Waals surface area contributed by atoms with Gasteiger partial charge in [-0.1, -0.05) is 11.2 Å². The van der Waals surface area contributed by atoms with E-state index in [4.69, 9.17) is 4.52 Å². The van der Waals surface area contributed by atoms with Crippen LogP contribution >= 0.6 is 0 Å². The Balaban J connectivity index is 1.75. The average Bonchev–Trinajstić information content (AvgIpc) is 2.94. The van der Waals surface area contributed by atoms with Crippen LogP contribution in [0.5, 0.6) is 0 Å². The summed E-state index contributed by atoms with van der Waals surface area (Å²) in [5.41, 5.74) is 0.334. The Morgan fingerprint density at radius 1 is 1.12 bits per heavy atom. The van der Waals surface area contributed by atoms with Gasteiger partial charge in [0.2, 0.25) is 10.0 Å². The van der Waals surface area contributed by atoms with E-state index >= 15 is 0 Å². The van der Waals surface area contributed by atoms with Crippen LogP contribution in [0.4, 0.5) is 8.78 Å². The maximum atomic E-state index is 14.0. The van der Waals surface area contributed by atoms with E-state index in [9.17, 15) is 17.2 Å². The molecule has 2 heterocycles. The van der Waals surface area contributed by atoms with Gasteiger partial charge in [0, 0.05) is 37.8 Å². The van der Waals surface area contributed by atoms with E-state index in [1.54, 1.807) is 20.8 Å². The lowest BCUT2D eigenvalue weighted by Gasteiger charge is -2.37. The number of benzene rings is 1. The average molecular weight is 385 g/mol. The molecule has 0 radical (unpaired) electrons. The highest BCUT2D eigenvalue weighted by molar-refractivity contribution is 7.89. The summed E-state index contributed by atoms with van der Waals surface area (Å²) >= 11 is 0. The molecule has 9 heteroatoms. The quantitative estimate of drug-likeness (QED) is 0.810. The molecule has 3 rings (SSSR count). The van der Waals surface area contributed by atoms with E-state index in [1.807, 2.05) is 4.90 Å². The molecule has 0 spiro atoms. The highest BCUT2D eigenvalue weighted by atomic mass is 32.2. The van der Waals surface area contributed by atoms with Crippen molar-refractivity contribution in [1.29, 1.82) is 0 Å². The maximum absolute atomic E-state index is 14.0. The number of sulfonamides is 1. The third kappa shape index (κ3) is 3.26. The van der Waals surface area contributed by atoms with Crippen LogP contribution in [0.1, 0.15) is 30.0 Å². The molecule has 1 aromatic heterocycles. The molecule has 0 amide bonds. The molecular weight excluding hydrogens is 364 g/mol. The molecule has 6 nitrogen and oxygen atoms in total. The normalized spacial score (nSPS) is 18.2. The molecule has 0 bridgehead atoms. The van der Waals surface area contributed by atoms with Crippen LogP contribution in [-0.2, 0) is 10.0 Å². The summed E-state index contributed by atoms with van der Waals surface area (Å²) in [6.07, 6.45) is 0. The maximum Gasteiger partial charge on any atom is 0.248 e. The summed E-state index contributed by atoms with van der Waals surface area (Å²) < 4.78 is 60.0. The molecule has 1 fully saturated rings. The SMILES string of the molecule is Cc1noc(C)c1S(=O)(=O)N1CCN([C@@H](C)c2c(F)cccc2F)CC1. The first-order valence-electron chi connectivity index (χ1n) is 8.34. The molecule has 1 aliphatic heterocycles. The number of hydrogen-bond donors (Lipinski definition) is 0. The van der Waals surface area contributed by atoms with Gasteiger partial charge in [-0.2, -0.15) is 4.31 Å². The minimum Gasteiger partial charge on any atom is -0.360 e. The van der Waals surface area contributed by atoms with E-state index in [1.165, 1.54) is 22.5 Å². The van der Waals surface area contributed by atoms with Crippen LogP contribution in [0.2, 0.25) is 0 Å². The fourth-order valence-electron chi connectivity index (χ4n) is 3.40. The van der Waals surface area contributed by atoms with Gasteiger partial charge in [0.15, 0.2) is 5.76 Å². The van der Waals surface area contributed by atoms with E-state index < -0.39 is 27.7 Å². The fourth-order valence-corrected chi connectivity index (χ4v) is 5.11. The van der Waals surface area contributed by atoms with Crippen LogP contribution in [0.25, 0.3) is 0 Å². The smallest absolute Gasteiger partial charge is 0.248 e. The van der Waals surface area contributed by atoms with Crippen LogP contribution in [0, 0.1) is 25.5 Å². The topological polar surface area (TPSA) is 66.7 Å². The van der Waals surface area contributed by atoms with Crippen molar-refractivity contribution >= 4 is 10.0 Å². The Kier molecular flexibility index (Phi) is 5.14. The molecule has 26 heavy (non-hydrogen) atoms. The third-order valence-corrected chi connectivity index (χ3v) is 6.95. The number of aryl methyl sites for hydroxylation is 2. The molecular formula is C17H21F2N3O3S. The predicted octanol–water partition coefficient (Wildman–Crippen LogP) is 2.64. The summed E-state index contributed by atoms with van der Waals surface area (Å²) in [5, 5.41) is 3.70. The van der Waals surface area contributed by atoms with Gasteiger partial charge in [-0.05, 0) is 32.9 Å². The Morgan fingerprint density at radius 2 is 1.69 bits per heavy atom. The zero-order valence-corrected chi connectivity index (χ0v) is 15.7.